The highest BCUT2D eigenvalue weighted by atomic mass is 16.6. The number of nitrogens with two attached hydrogens (primary N) is 1. The Kier molecular flexibility index (Phi) is 8.15. The fourth-order valence-electron chi connectivity index (χ4n) is 2.58. The van der Waals surface area contributed by atoms with Crippen molar-refractivity contribution in [3.63, 3.8) is 0 Å². The third-order valence-corrected chi connectivity index (χ3v) is 3.61. The topological polar surface area (TPSA) is 204 Å². The van der Waals surface area contributed by atoms with E-state index in [-0.39, 0.29) is 5.78 Å². The van der Waals surface area contributed by atoms with Crippen molar-refractivity contribution < 1.29 is 39.2 Å². The van der Waals surface area contributed by atoms with Crippen LogP contribution in [0, 0.1) is 5.41 Å². The number of rotatable bonds is 9. The summed E-state index contributed by atoms with van der Waals surface area (Å²) in [6.07, 6.45) is -3.12. The highest BCUT2D eigenvalue weighted by Crippen LogP contribution is 2.25. The Labute approximate surface area is 154 Å². The van der Waals surface area contributed by atoms with Gasteiger partial charge in [-0.25, -0.2) is 4.79 Å². The van der Waals surface area contributed by atoms with Crippen molar-refractivity contribution in [3.05, 3.63) is 11.8 Å². The third-order valence-electron chi connectivity index (χ3n) is 3.61. The Balaban J connectivity index is 3.34. The molecule has 8 N–H and O–H groups in total. The maximum absolute atomic E-state index is 11.6. The quantitative estimate of drug-likeness (QED) is 0.158. The molecule has 0 aromatic carbocycles. The molecule has 12 heteroatoms. The Hall–Kier alpha value is -2.70. The Morgan fingerprint density at radius 2 is 2.00 bits per heavy atom. The Morgan fingerprint density at radius 1 is 1.37 bits per heavy atom. The number of ketones is 1. The number of guanidine groups is 1. The summed E-state index contributed by atoms with van der Waals surface area (Å²) in [6, 6.07) is -2.03. The van der Waals surface area contributed by atoms with Crippen molar-refractivity contribution in [3.8, 4) is 0 Å². The van der Waals surface area contributed by atoms with Gasteiger partial charge in [0.1, 0.15) is 18.8 Å². The molecule has 0 saturated heterocycles. The number of nitrogens with one attached hydrogen (secondary N) is 3. The van der Waals surface area contributed by atoms with Gasteiger partial charge in [0.15, 0.2) is 17.8 Å². The van der Waals surface area contributed by atoms with Crippen LogP contribution in [0.1, 0.15) is 13.8 Å². The summed E-state index contributed by atoms with van der Waals surface area (Å²) < 4.78 is 10.7. The van der Waals surface area contributed by atoms with Gasteiger partial charge in [0.05, 0.1) is 18.7 Å². The summed E-state index contributed by atoms with van der Waals surface area (Å²) in [4.78, 5) is 34.2. The number of hydrogen-bond acceptors (Lipinski definition) is 8. The average Bonchev–Trinajstić information content (AvgIpc) is 2.55. The van der Waals surface area contributed by atoms with Gasteiger partial charge >= 0.3 is 5.97 Å². The number of aliphatic carboxylic acids is 1. The van der Waals surface area contributed by atoms with Crippen LogP contribution in [0.4, 0.5) is 0 Å². The molecule has 0 aliphatic carbocycles. The minimum Gasteiger partial charge on any atom is -0.478 e. The van der Waals surface area contributed by atoms with Gasteiger partial charge in [-0.1, -0.05) is 0 Å². The van der Waals surface area contributed by atoms with E-state index in [2.05, 4.69) is 10.6 Å². The average molecular weight is 388 g/mol. The van der Waals surface area contributed by atoms with Crippen LogP contribution in [-0.2, 0) is 23.9 Å². The number of carbonyl (C=O) groups excluding carboxylic acids is 2. The first-order chi connectivity index (χ1) is 12.6. The van der Waals surface area contributed by atoms with Crippen LogP contribution in [0.5, 0.6) is 0 Å². The fraction of sp³-hybridized carbons (Fsp3) is 0.600. The normalized spacial score (nSPS) is 24.0. The molecule has 0 bridgehead atoms. The molecule has 1 rings (SSSR count). The summed E-state index contributed by atoms with van der Waals surface area (Å²) in [5, 5.41) is 41.1. The van der Waals surface area contributed by atoms with Crippen LogP contribution >= 0.6 is 0 Å². The summed E-state index contributed by atoms with van der Waals surface area (Å²) in [5.74, 6) is -3.38. The highest BCUT2D eigenvalue weighted by Gasteiger charge is 2.45. The maximum Gasteiger partial charge on any atom is 0.370 e. The van der Waals surface area contributed by atoms with Crippen LogP contribution < -0.4 is 16.4 Å². The number of carboxylic acid groups (broad SMARTS) is 1. The zero-order valence-electron chi connectivity index (χ0n) is 14.8. The summed E-state index contributed by atoms with van der Waals surface area (Å²) in [6.45, 7) is 1.22. The molecule has 12 nitrogen and oxygen atoms in total. The molecule has 0 unspecified atom stereocenters. The number of ether oxygens (including phenoxy) is 2. The molecule has 0 aromatic heterocycles. The van der Waals surface area contributed by atoms with Gasteiger partial charge < -0.3 is 41.2 Å². The van der Waals surface area contributed by atoms with Crippen molar-refractivity contribution in [1.82, 2.24) is 10.6 Å². The van der Waals surface area contributed by atoms with Crippen molar-refractivity contribution in [1.29, 1.82) is 5.41 Å². The van der Waals surface area contributed by atoms with E-state index < -0.39 is 67.2 Å². The van der Waals surface area contributed by atoms with E-state index in [0.717, 1.165) is 6.08 Å². The lowest BCUT2D eigenvalue weighted by Gasteiger charge is -2.41. The second-order valence-electron chi connectivity index (χ2n) is 5.96. The van der Waals surface area contributed by atoms with E-state index in [9.17, 15) is 29.7 Å². The molecule has 152 valence electrons. The maximum atomic E-state index is 11.6. The molecular formula is C15H24N4O8. The minimum absolute atomic E-state index is 0.385. The first kappa shape index (κ1) is 22.3. The van der Waals surface area contributed by atoms with Crippen LogP contribution in [-0.4, -0.2) is 82.5 Å². The lowest BCUT2D eigenvalue weighted by molar-refractivity contribution is -0.157. The second kappa shape index (κ2) is 9.85. The molecule has 5 atom stereocenters. The van der Waals surface area contributed by atoms with Crippen LogP contribution in [0.15, 0.2) is 11.8 Å². The monoisotopic (exact) mass is 388 g/mol. The molecule has 1 amide bonds. The van der Waals surface area contributed by atoms with Gasteiger partial charge in [0.2, 0.25) is 11.7 Å². The van der Waals surface area contributed by atoms with Gasteiger partial charge in [-0.2, -0.15) is 0 Å². The molecule has 1 heterocycles. The molecule has 1 aliphatic heterocycles. The van der Waals surface area contributed by atoms with Gasteiger partial charge in [-0.3, -0.25) is 15.0 Å². The first-order valence-corrected chi connectivity index (χ1v) is 7.96. The lowest BCUT2D eigenvalue weighted by atomic mass is 9.91. The standard InChI is InChI=1S/C15H24N4O8/c1-6(21)5-26-12(9(23)4-20)13-11(18-7(2)22)8(19-15(16)17)3-10(27-13)14(24)25/h3,8-9,11-13,20,23H,4-5H2,1-2H3,(H,18,22)(H,24,25)(H4,16,17,19)/t8-,9+,11+,12+,13+/m0/s1. The van der Waals surface area contributed by atoms with Gasteiger partial charge in [-0.15, -0.1) is 0 Å². The number of aliphatic hydroxyl groups is 2. The number of hydrogen-bond donors (Lipinski definition) is 7. The van der Waals surface area contributed by atoms with Crippen molar-refractivity contribution in [2.24, 2.45) is 5.73 Å². The van der Waals surface area contributed by atoms with E-state index in [1.165, 1.54) is 13.8 Å². The molecule has 0 fully saturated rings. The van der Waals surface area contributed by atoms with Crippen LogP contribution in [0.2, 0.25) is 0 Å². The van der Waals surface area contributed by atoms with Gasteiger partial charge in [0, 0.05) is 6.92 Å². The highest BCUT2D eigenvalue weighted by molar-refractivity contribution is 5.85. The molecule has 0 aromatic rings. The van der Waals surface area contributed by atoms with E-state index in [1.807, 2.05) is 0 Å². The first-order valence-electron chi connectivity index (χ1n) is 7.96. The van der Waals surface area contributed by atoms with Crippen molar-refractivity contribution in [2.45, 2.75) is 44.2 Å². The number of carbonyl (C=O) groups is 3. The second-order valence-corrected chi connectivity index (χ2v) is 5.96. The van der Waals surface area contributed by atoms with E-state index in [0.29, 0.717) is 0 Å². The molecule has 0 spiro atoms. The zero-order valence-corrected chi connectivity index (χ0v) is 14.8. The molecule has 0 saturated carbocycles. The molecule has 1 aliphatic rings. The minimum atomic E-state index is -1.54. The zero-order chi connectivity index (χ0) is 20.7. The van der Waals surface area contributed by atoms with Crippen molar-refractivity contribution >= 4 is 23.6 Å². The number of carboxylic acids is 1. The predicted octanol–water partition coefficient (Wildman–Crippen LogP) is -2.96. The summed E-state index contributed by atoms with van der Waals surface area (Å²) in [5.41, 5.74) is 5.32. The smallest absolute Gasteiger partial charge is 0.370 e. The Morgan fingerprint density at radius 3 is 2.44 bits per heavy atom. The van der Waals surface area contributed by atoms with Crippen molar-refractivity contribution in [2.75, 3.05) is 13.2 Å². The van der Waals surface area contributed by atoms with E-state index >= 15 is 0 Å². The summed E-state index contributed by atoms with van der Waals surface area (Å²) in [7, 11) is 0. The van der Waals surface area contributed by atoms with Crippen LogP contribution in [0.25, 0.3) is 0 Å². The van der Waals surface area contributed by atoms with E-state index in [4.69, 9.17) is 20.6 Å². The number of Topliss-reactive ketones (excluding diaryl/α,β-unsaturated/α-hetero) is 1. The van der Waals surface area contributed by atoms with Crippen LogP contribution in [0.3, 0.4) is 0 Å². The summed E-state index contributed by atoms with van der Waals surface area (Å²) >= 11 is 0. The van der Waals surface area contributed by atoms with E-state index in [1.54, 1.807) is 0 Å². The predicted molar refractivity (Wildman–Crippen MR) is 90.5 cm³/mol. The fourth-order valence-corrected chi connectivity index (χ4v) is 2.58. The third kappa shape index (κ3) is 6.51. The van der Waals surface area contributed by atoms with Gasteiger partial charge in [-0.05, 0) is 13.0 Å². The Bertz CT molecular complexity index is 623. The molecule has 27 heavy (non-hydrogen) atoms. The number of amides is 1. The lowest BCUT2D eigenvalue weighted by Crippen LogP contribution is -2.64. The number of aliphatic hydroxyl groups excluding tert-OH is 2. The largest absolute Gasteiger partial charge is 0.478 e. The molecular weight excluding hydrogens is 364 g/mol. The van der Waals surface area contributed by atoms with Gasteiger partial charge in [0.25, 0.3) is 0 Å². The molecule has 0 radical (unpaired) electrons. The SMILES string of the molecule is CC(=O)CO[C@@H]([C@@H]1OC(C(=O)O)=C[C@H](NC(=N)N)[C@H]1NC(C)=O)[C@H](O)CO.